The van der Waals surface area contributed by atoms with E-state index < -0.39 is 6.10 Å². The van der Waals surface area contributed by atoms with Crippen molar-refractivity contribution in [3.63, 3.8) is 0 Å². The van der Waals surface area contributed by atoms with Crippen LogP contribution in [0.25, 0.3) is 10.9 Å². The number of para-hydroxylation sites is 1. The highest BCUT2D eigenvalue weighted by atomic mass is 16.7. The topological polar surface area (TPSA) is 54.8 Å². The lowest BCUT2D eigenvalue weighted by atomic mass is 10.00. The molecule has 5 heteroatoms. The molecule has 0 saturated heterocycles. The standard InChI is InChI=1S/C22H24N2O3/c1-14-5-4-6-17-18(9-15(2)23-22(14)17)19(25)12-24(3)11-16-7-8-20-21(10-16)27-13-26-20/h4-10,19,25H,11-13H2,1-3H3. The summed E-state index contributed by atoms with van der Waals surface area (Å²) in [5.41, 5.74) is 5.06. The van der Waals surface area contributed by atoms with Crippen LogP contribution in [0.1, 0.15) is 28.5 Å². The molecule has 0 amide bonds. The Hall–Kier alpha value is -2.63. The summed E-state index contributed by atoms with van der Waals surface area (Å²) < 4.78 is 10.8. The number of ether oxygens (including phenoxy) is 2. The molecule has 0 aliphatic carbocycles. The lowest BCUT2D eigenvalue weighted by Crippen LogP contribution is -2.24. The van der Waals surface area contributed by atoms with Crippen molar-refractivity contribution < 1.29 is 14.6 Å². The number of hydrogen-bond acceptors (Lipinski definition) is 5. The Labute approximate surface area is 159 Å². The molecular formula is C22H24N2O3. The first-order chi connectivity index (χ1) is 13.0. The maximum atomic E-state index is 10.9. The molecule has 0 spiro atoms. The number of aliphatic hydroxyl groups excluding tert-OH is 1. The maximum Gasteiger partial charge on any atom is 0.231 e. The van der Waals surface area contributed by atoms with E-state index in [1.54, 1.807) is 0 Å². The molecule has 2 heterocycles. The molecule has 140 valence electrons. The summed E-state index contributed by atoms with van der Waals surface area (Å²) in [5.74, 6) is 1.57. The minimum Gasteiger partial charge on any atom is -0.454 e. The Morgan fingerprint density at radius 1 is 1.11 bits per heavy atom. The van der Waals surface area contributed by atoms with Gasteiger partial charge in [0, 0.05) is 24.2 Å². The zero-order valence-electron chi connectivity index (χ0n) is 15.9. The molecule has 1 aliphatic rings. The minimum atomic E-state index is -0.588. The quantitative estimate of drug-likeness (QED) is 0.747. The molecule has 0 radical (unpaired) electrons. The van der Waals surface area contributed by atoms with Crippen molar-refractivity contribution in [1.29, 1.82) is 0 Å². The van der Waals surface area contributed by atoms with Gasteiger partial charge in [-0.25, -0.2) is 0 Å². The van der Waals surface area contributed by atoms with Crippen LogP contribution in [0.15, 0.2) is 42.5 Å². The van der Waals surface area contributed by atoms with Crippen LogP contribution >= 0.6 is 0 Å². The van der Waals surface area contributed by atoms with Gasteiger partial charge in [0.25, 0.3) is 0 Å². The summed E-state index contributed by atoms with van der Waals surface area (Å²) in [7, 11) is 2.01. The van der Waals surface area contributed by atoms with Crippen molar-refractivity contribution in [3.8, 4) is 11.5 Å². The Balaban J connectivity index is 1.53. The lowest BCUT2D eigenvalue weighted by molar-refractivity contribution is 0.125. The number of fused-ring (bicyclic) bond motifs is 2. The zero-order valence-corrected chi connectivity index (χ0v) is 15.9. The molecule has 1 atom stereocenters. The fourth-order valence-electron chi connectivity index (χ4n) is 3.64. The van der Waals surface area contributed by atoms with E-state index in [0.29, 0.717) is 13.1 Å². The Morgan fingerprint density at radius 3 is 2.78 bits per heavy atom. The van der Waals surface area contributed by atoms with Crippen LogP contribution in [-0.2, 0) is 6.54 Å². The van der Waals surface area contributed by atoms with Crippen LogP contribution in [-0.4, -0.2) is 35.4 Å². The van der Waals surface area contributed by atoms with Crippen LogP contribution < -0.4 is 9.47 Å². The number of rotatable bonds is 5. The summed E-state index contributed by atoms with van der Waals surface area (Å²) in [6.45, 7) is 5.55. The second kappa shape index (κ2) is 7.18. The molecule has 2 aromatic carbocycles. The number of aryl methyl sites for hydroxylation is 2. The van der Waals surface area contributed by atoms with Gasteiger partial charge in [0.05, 0.1) is 11.6 Å². The predicted octanol–water partition coefficient (Wildman–Crippen LogP) is 3.75. The third kappa shape index (κ3) is 3.61. The summed E-state index contributed by atoms with van der Waals surface area (Å²) >= 11 is 0. The molecule has 0 fully saturated rings. The van der Waals surface area contributed by atoms with E-state index in [2.05, 4.69) is 22.9 Å². The van der Waals surface area contributed by atoms with Crippen LogP contribution in [0.4, 0.5) is 0 Å². The fraction of sp³-hybridized carbons (Fsp3) is 0.318. The van der Waals surface area contributed by atoms with Gasteiger partial charge >= 0.3 is 0 Å². The third-order valence-electron chi connectivity index (χ3n) is 4.93. The molecule has 3 aromatic rings. The van der Waals surface area contributed by atoms with E-state index >= 15 is 0 Å². The summed E-state index contributed by atoms with van der Waals surface area (Å²) in [6, 6.07) is 14.1. The van der Waals surface area contributed by atoms with Crippen LogP contribution in [0.2, 0.25) is 0 Å². The van der Waals surface area contributed by atoms with Gasteiger partial charge < -0.3 is 14.6 Å². The minimum absolute atomic E-state index is 0.279. The highest BCUT2D eigenvalue weighted by Crippen LogP contribution is 2.33. The molecule has 1 aromatic heterocycles. The monoisotopic (exact) mass is 364 g/mol. The predicted molar refractivity (Wildman–Crippen MR) is 105 cm³/mol. The molecule has 0 bridgehead atoms. The molecule has 1 aliphatic heterocycles. The number of likely N-dealkylation sites (N-methyl/N-ethyl adjacent to an activating group) is 1. The van der Waals surface area contributed by atoms with Crippen molar-refractivity contribution in [2.75, 3.05) is 20.4 Å². The van der Waals surface area contributed by atoms with Gasteiger partial charge in [-0.05, 0) is 55.8 Å². The number of nitrogens with zero attached hydrogens (tertiary/aromatic N) is 2. The van der Waals surface area contributed by atoms with E-state index in [-0.39, 0.29) is 6.79 Å². The number of hydrogen-bond donors (Lipinski definition) is 1. The van der Waals surface area contributed by atoms with E-state index in [1.165, 1.54) is 0 Å². The molecule has 1 unspecified atom stereocenters. The number of pyridine rings is 1. The summed E-state index contributed by atoms with van der Waals surface area (Å²) in [4.78, 5) is 6.76. The molecule has 27 heavy (non-hydrogen) atoms. The van der Waals surface area contributed by atoms with Crippen molar-refractivity contribution in [3.05, 3.63) is 64.8 Å². The largest absolute Gasteiger partial charge is 0.454 e. The lowest BCUT2D eigenvalue weighted by Gasteiger charge is -2.22. The van der Waals surface area contributed by atoms with Crippen molar-refractivity contribution in [2.45, 2.75) is 26.5 Å². The van der Waals surface area contributed by atoms with Gasteiger partial charge in [-0.15, -0.1) is 0 Å². The normalized spacial score (nSPS) is 14.1. The highest BCUT2D eigenvalue weighted by Gasteiger charge is 2.17. The Morgan fingerprint density at radius 2 is 1.93 bits per heavy atom. The molecule has 1 N–H and O–H groups in total. The SMILES string of the molecule is Cc1cc(C(O)CN(C)Cc2ccc3c(c2)OCO3)c2cccc(C)c2n1. The van der Waals surface area contributed by atoms with E-state index in [9.17, 15) is 5.11 Å². The first kappa shape index (κ1) is 17.8. The van der Waals surface area contributed by atoms with Gasteiger partial charge in [-0.1, -0.05) is 24.3 Å². The third-order valence-corrected chi connectivity index (χ3v) is 4.93. The zero-order chi connectivity index (χ0) is 19.0. The molecule has 4 rings (SSSR count). The van der Waals surface area contributed by atoms with Crippen LogP contribution in [0.3, 0.4) is 0 Å². The Kier molecular flexibility index (Phi) is 4.72. The van der Waals surface area contributed by atoms with Crippen LogP contribution in [0, 0.1) is 13.8 Å². The second-order valence-electron chi connectivity index (χ2n) is 7.22. The van der Waals surface area contributed by atoms with Crippen LogP contribution in [0.5, 0.6) is 11.5 Å². The van der Waals surface area contributed by atoms with E-state index in [4.69, 9.17) is 9.47 Å². The van der Waals surface area contributed by atoms with Crippen molar-refractivity contribution >= 4 is 10.9 Å². The Bertz CT molecular complexity index is 987. The van der Waals surface area contributed by atoms with Gasteiger partial charge in [0.15, 0.2) is 11.5 Å². The van der Waals surface area contributed by atoms with E-state index in [0.717, 1.165) is 44.8 Å². The number of benzene rings is 2. The highest BCUT2D eigenvalue weighted by molar-refractivity contribution is 5.85. The average Bonchev–Trinajstić information content (AvgIpc) is 3.09. The second-order valence-corrected chi connectivity index (χ2v) is 7.22. The number of aromatic nitrogens is 1. The van der Waals surface area contributed by atoms with Crippen molar-refractivity contribution in [2.24, 2.45) is 0 Å². The average molecular weight is 364 g/mol. The molecular weight excluding hydrogens is 340 g/mol. The van der Waals surface area contributed by atoms with Crippen molar-refractivity contribution in [1.82, 2.24) is 9.88 Å². The van der Waals surface area contributed by atoms with Gasteiger partial charge in [0.2, 0.25) is 6.79 Å². The summed E-state index contributed by atoms with van der Waals surface area (Å²) in [6.07, 6.45) is -0.588. The molecule has 5 nitrogen and oxygen atoms in total. The maximum absolute atomic E-state index is 10.9. The number of aliphatic hydroxyl groups is 1. The molecule has 0 saturated carbocycles. The first-order valence-corrected chi connectivity index (χ1v) is 9.13. The van der Waals surface area contributed by atoms with E-state index in [1.807, 2.05) is 50.4 Å². The van der Waals surface area contributed by atoms with Gasteiger partial charge in [-0.2, -0.15) is 0 Å². The fourth-order valence-corrected chi connectivity index (χ4v) is 3.64. The van der Waals surface area contributed by atoms with Gasteiger partial charge in [0.1, 0.15) is 0 Å². The first-order valence-electron chi connectivity index (χ1n) is 9.13. The summed E-state index contributed by atoms with van der Waals surface area (Å²) in [5, 5.41) is 11.9. The smallest absolute Gasteiger partial charge is 0.231 e. The van der Waals surface area contributed by atoms with Gasteiger partial charge in [-0.3, -0.25) is 9.88 Å².